The topological polar surface area (TPSA) is 15.3 Å². The van der Waals surface area contributed by atoms with Gasteiger partial charge in [0.15, 0.2) is 0 Å². The minimum Gasteiger partial charge on any atom is -0.311 e. The van der Waals surface area contributed by atoms with Gasteiger partial charge in [-0.05, 0) is 39.1 Å². The fourth-order valence-corrected chi connectivity index (χ4v) is 3.15. The normalized spacial score (nSPS) is 12.8. The van der Waals surface area contributed by atoms with Crippen LogP contribution in [0.25, 0.3) is 0 Å². The van der Waals surface area contributed by atoms with E-state index in [0.717, 1.165) is 25.2 Å². The van der Waals surface area contributed by atoms with Gasteiger partial charge >= 0.3 is 0 Å². The van der Waals surface area contributed by atoms with Gasteiger partial charge in [-0.15, -0.1) is 11.3 Å². The van der Waals surface area contributed by atoms with Crippen LogP contribution in [0.4, 0.5) is 4.39 Å². The van der Waals surface area contributed by atoms with Crippen molar-refractivity contribution >= 4 is 11.3 Å². The summed E-state index contributed by atoms with van der Waals surface area (Å²) in [4.78, 5) is 4.87. The number of nitrogens with one attached hydrogen (secondary N) is 1. The van der Waals surface area contributed by atoms with E-state index in [2.05, 4.69) is 29.3 Å². The molecular formula is C17H23FN2S. The van der Waals surface area contributed by atoms with E-state index in [9.17, 15) is 4.39 Å². The molecule has 0 aliphatic carbocycles. The molecule has 1 heterocycles. The molecule has 0 radical (unpaired) electrons. The van der Waals surface area contributed by atoms with Crippen LogP contribution in [0.2, 0.25) is 0 Å². The molecule has 0 fully saturated rings. The van der Waals surface area contributed by atoms with Gasteiger partial charge in [0, 0.05) is 41.0 Å². The van der Waals surface area contributed by atoms with Gasteiger partial charge in [0.1, 0.15) is 5.82 Å². The number of benzene rings is 1. The minimum atomic E-state index is -0.126. The number of halogens is 1. The molecule has 1 aromatic carbocycles. The molecule has 0 saturated heterocycles. The van der Waals surface area contributed by atoms with Crippen molar-refractivity contribution in [1.82, 2.24) is 10.2 Å². The van der Waals surface area contributed by atoms with Crippen LogP contribution in [0, 0.1) is 12.7 Å². The number of nitrogens with zero attached hydrogens (tertiary/aromatic N) is 1. The molecule has 1 atom stereocenters. The Morgan fingerprint density at radius 3 is 2.67 bits per heavy atom. The molecule has 1 aromatic heterocycles. The molecule has 0 aliphatic rings. The van der Waals surface area contributed by atoms with Crippen molar-refractivity contribution in [3.05, 3.63) is 57.5 Å². The van der Waals surface area contributed by atoms with Crippen molar-refractivity contribution in [2.75, 3.05) is 20.1 Å². The standard InChI is InChI=1S/C17H23FN2S/c1-13-8-9-15(21-13)12-19-10-11-20(3)14(2)16-6-4-5-7-17(16)18/h4-9,14,19H,10-12H2,1-3H3. The quantitative estimate of drug-likeness (QED) is 0.778. The van der Waals surface area contributed by atoms with Gasteiger partial charge in [-0.3, -0.25) is 4.90 Å². The Hall–Kier alpha value is -1.23. The molecule has 114 valence electrons. The highest BCUT2D eigenvalue weighted by Crippen LogP contribution is 2.21. The highest BCUT2D eigenvalue weighted by atomic mass is 32.1. The number of rotatable bonds is 7. The molecule has 1 unspecified atom stereocenters. The third-order valence-corrected chi connectivity index (χ3v) is 4.75. The van der Waals surface area contributed by atoms with Gasteiger partial charge in [-0.2, -0.15) is 0 Å². The summed E-state index contributed by atoms with van der Waals surface area (Å²) in [6.07, 6.45) is 0. The maximum Gasteiger partial charge on any atom is 0.127 e. The van der Waals surface area contributed by atoms with Crippen LogP contribution >= 0.6 is 11.3 Å². The molecular weight excluding hydrogens is 283 g/mol. The molecule has 2 aromatic rings. The maximum atomic E-state index is 13.8. The van der Waals surface area contributed by atoms with Gasteiger partial charge in [-0.1, -0.05) is 18.2 Å². The number of likely N-dealkylation sites (N-methyl/N-ethyl adjacent to an activating group) is 1. The Morgan fingerprint density at radius 2 is 2.00 bits per heavy atom. The number of hydrogen-bond acceptors (Lipinski definition) is 3. The first-order valence-electron chi connectivity index (χ1n) is 7.28. The lowest BCUT2D eigenvalue weighted by atomic mass is 10.1. The summed E-state index contributed by atoms with van der Waals surface area (Å²) < 4.78 is 13.8. The molecule has 0 amide bonds. The molecule has 0 spiro atoms. The third kappa shape index (κ3) is 4.63. The number of hydrogen-bond donors (Lipinski definition) is 1. The van der Waals surface area contributed by atoms with Gasteiger partial charge < -0.3 is 5.32 Å². The lowest BCUT2D eigenvalue weighted by molar-refractivity contribution is 0.256. The van der Waals surface area contributed by atoms with E-state index in [-0.39, 0.29) is 11.9 Å². The second-order valence-corrected chi connectivity index (χ2v) is 6.74. The van der Waals surface area contributed by atoms with Crippen LogP contribution in [0.5, 0.6) is 0 Å². The SMILES string of the molecule is Cc1ccc(CNCCN(C)C(C)c2ccccc2F)s1. The zero-order valence-corrected chi connectivity index (χ0v) is 13.7. The molecule has 4 heteroatoms. The predicted molar refractivity (Wildman–Crippen MR) is 88.2 cm³/mol. The van der Waals surface area contributed by atoms with E-state index >= 15 is 0 Å². The second-order valence-electron chi connectivity index (χ2n) is 5.37. The molecule has 0 aliphatic heterocycles. The van der Waals surface area contributed by atoms with Gasteiger partial charge in [0.25, 0.3) is 0 Å². The lowest BCUT2D eigenvalue weighted by Crippen LogP contribution is -2.31. The molecule has 2 rings (SSSR count). The Labute approximate surface area is 130 Å². The fourth-order valence-electron chi connectivity index (χ4n) is 2.29. The Balaban J connectivity index is 1.76. The fraction of sp³-hybridized carbons (Fsp3) is 0.412. The van der Waals surface area contributed by atoms with Crippen molar-refractivity contribution in [2.45, 2.75) is 26.4 Å². The summed E-state index contributed by atoms with van der Waals surface area (Å²) in [7, 11) is 2.04. The third-order valence-electron chi connectivity index (χ3n) is 3.75. The molecule has 0 bridgehead atoms. The zero-order chi connectivity index (χ0) is 15.2. The Kier molecular flexibility index (Phi) is 5.91. The number of aryl methyl sites for hydroxylation is 1. The van der Waals surface area contributed by atoms with Gasteiger partial charge in [0.05, 0.1) is 0 Å². The largest absolute Gasteiger partial charge is 0.311 e. The Bertz CT molecular complexity index is 567. The summed E-state index contributed by atoms with van der Waals surface area (Å²) in [5.41, 5.74) is 0.758. The maximum absolute atomic E-state index is 13.8. The van der Waals surface area contributed by atoms with Crippen molar-refractivity contribution in [2.24, 2.45) is 0 Å². The summed E-state index contributed by atoms with van der Waals surface area (Å²) in [6, 6.07) is 11.4. The zero-order valence-electron chi connectivity index (χ0n) is 12.9. The van der Waals surface area contributed by atoms with E-state index in [1.807, 2.05) is 37.4 Å². The first kappa shape index (κ1) is 16.1. The van der Waals surface area contributed by atoms with Gasteiger partial charge in [-0.25, -0.2) is 4.39 Å². The molecule has 2 nitrogen and oxygen atoms in total. The summed E-state index contributed by atoms with van der Waals surface area (Å²) in [5, 5.41) is 3.44. The van der Waals surface area contributed by atoms with Gasteiger partial charge in [0.2, 0.25) is 0 Å². The van der Waals surface area contributed by atoms with Crippen molar-refractivity contribution in [3.63, 3.8) is 0 Å². The highest BCUT2D eigenvalue weighted by Gasteiger charge is 2.14. The van der Waals surface area contributed by atoms with E-state index in [1.165, 1.54) is 15.8 Å². The summed E-state index contributed by atoms with van der Waals surface area (Å²) in [6.45, 7) is 6.85. The monoisotopic (exact) mass is 306 g/mol. The minimum absolute atomic E-state index is 0.0805. The molecule has 1 N–H and O–H groups in total. The Morgan fingerprint density at radius 1 is 1.24 bits per heavy atom. The van der Waals surface area contributed by atoms with Crippen LogP contribution in [-0.4, -0.2) is 25.0 Å². The van der Waals surface area contributed by atoms with Crippen LogP contribution < -0.4 is 5.32 Å². The first-order chi connectivity index (χ1) is 10.1. The average molecular weight is 306 g/mol. The second kappa shape index (κ2) is 7.69. The van der Waals surface area contributed by atoms with Crippen molar-refractivity contribution in [3.8, 4) is 0 Å². The smallest absolute Gasteiger partial charge is 0.127 e. The van der Waals surface area contributed by atoms with Crippen LogP contribution in [-0.2, 0) is 6.54 Å². The number of thiophene rings is 1. The summed E-state index contributed by atoms with van der Waals surface area (Å²) >= 11 is 1.83. The van der Waals surface area contributed by atoms with Crippen LogP contribution in [0.3, 0.4) is 0 Å². The van der Waals surface area contributed by atoms with E-state index in [0.29, 0.717) is 0 Å². The van der Waals surface area contributed by atoms with E-state index in [4.69, 9.17) is 0 Å². The van der Waals surface area contributed by atoms with E-state index in [1.54, 1.807) is 6.07 Å². The van der Waals surface area contributed by atoms with Crippen molar-refractivity contribution in [1.29, 1.82) is 0 Å². The predicted octanol–water partition coefficient (Wildman–Crippen LogP) is 3.98. The molecule has 21 heavy (non-hydrogen) atoms. The summed E-state index contributed by atoms with van der Waals surface area (Å²) in [5.74, 6) is -0.126. The average Bonchev–Trinajstić information content (AvgIpc) is 2.89. The lowest BCUT2D eigenvalue weighted by Gasteiger charge is -2.25. The van der Waals surface area contributed by atoms with E-state index < -0.39 is 0 Å². The highest BCUT2D eigenvalue weighted by molar-refractivity contribution is 7.11. The molecule has 0 saturated carbocycles. The van der Waals surface area contributed by atoms with Crippen LogP contribution in [0.1, 0.15) is 28.3 Å². The van der Waals surface area contributed by atoms with Crippen molar-refractivity contribution < 1.29 is 4.39 Å². The van der Waals surface area contributed by atoms with Crippen LogP contribution in [0.15, 0.2) is 36.4 Å². The first-order valence-corrected chi connectivity index (χ1v) is 8.10.